The first-order valence-electron chi connectivity index (χ1n) is 13.4. The van der Waals surface area contributed by atoms with Crippen molar-refractivity contribution in [1.82, 2.24) is 19.4 Å². The van der Waals surface area contributed by atoms with E-state index in [0.29, 0.717) is 49.1 Å². The van der Waals surface area contributed by atoms with Crippen molar-refractivity contribution in [3.8, 4) is 5.75 Å². The summed E-state index contributed by atoms with van der Waals surface area (Å²) in [4.78, 5) is 54.3. The smallest absolute Gasteiger partial charge is 0.272 e. The summed E-state index contributed by atoms with van der Waals surface area (Å²) in [6, 6.07) is 16.0. The summed E-state index contributed by atoms with van der Waals surface area (Å²) >= 11 is 0. The van der Waals surface area contributed by atoms with Crippen LogP contribution in [0.1, 0.15) is 40.6 Å². The molecular weight excluding hydrogens is 512 g/mol. The largest absolute Gasteiger partial charge is 0.493 e. The molecule has 1 saturated heterocycles. The number of aryl methyl sites for hydroxylation is 1. The molecule has 0 unspecified atom stereocenters. The van der Waals surface area contributed by atoms with E-state index in [4.69, 9.17) is 9.84 Å². The van der Waals surface area contributed by atoms with Crippen LogP contribution in [0.5, 0.6) is 5.75 Å². The Morgan fingerprint density at radius 1 is 1.00 bits per heavy atom. The van der Waals surface area contributed by atoms with E-state index in [1.165, 1.54) is 11.7 Å². The number of rotatable bonds is 8. The van der Waals surface area contributed by atoms with Gasteiger partial charge in [0.1, 0.15) is 12.0 Å². The zero-order valence-corrected chi connectivity index (χ0v) is 22.6. The molecule has 5 rings (SSSR count). The van der Waals surface area contributed by atoms with Gasteiger partial charge in [0.25, 0.3) is 11.5 Å². The van der Waals surface area contributed by atoms with Gasteiger partial charge in [-0.25, -0.2) is 0 Å². The maximum atomic E-state index is 14.0. The number of hydrogen-bond acceptors (Lipinski definition) is 6. The van der Waals surface area contributed by atoms with Crippen molar-refractivity contribution < 1.29 is 24.2 Å². The number of methoxy groups -OCH3 is 1. The van der Waals surface area contributed by atoms with Crippen LogP contribution in [0.4, 0.5) is 0 Å². The SMILES string of the molecule is CCn1c(C(=O)NC2CCN(C(=O)CO)CC2)c(OC)c2c(=O)n(CC(=O)c3ccccc3)c3ccccc3c21. The summed E-state index contributed by atoms with van der Waals surface area (Å²) in [5, 5.41) is 13.2. The molecule has 4 aromatic rings. The topological polar surface area (TPSA) is 123 Å². The van der Waals surface area contributed by atoms with Crippen LogP contribution in [-0.4, -0.2) is 69.6 Å². The summed E-state index contributed by atoms with van der Waals surface area (Å²) in [6.45, 7) is 2.47. The lowest BCUT2D eigenvalue weighted by molar-refractivity contribution is -0.135. The molecule has 1 fully saturated rings. The van der Waals surface area contributed by atoms with Gasteiger partial charge in [0.05, 0.1) is 24.7 Å². The van der Waals surface area contributed by atoms with E-state index in [0.717, 1.165) is 5.39 Å². The number of para-hydroxylation sites is 1. The number of Topliss-reactive ketones (excluding diaryl/α,β-unsaturated/α-hetero) is 1. The highest BCUT2D eigenvalue weighted by Crippen LogP contribution is 2.35. The number of aliphatic hydroxyl groups is 1. The molecule has 0 spiro atoms. The highest BCUT2D eigenvalue weighted by Gasteiger charge is 2.31. The number of aromatic nitrogens is 2. The minimum Gasteiger partial charge on any atom is -0.493 e. The van der Waals surface area contributed by atoms with Crippen molar-refractivity contribution >= 4 is 39.4 Å². The number of hydrogen-bond donors (Lipinski definition) is 2. The summed E-state index contributed by atoms with van der Waals surface area (Å²) in [6.07, 6.45) is 1.09. The Bertz CT molecular complexity index is 1650. The quantitative estimate of drug-likeness (QED) is 0.329. The van der Waals surface area contributed by atoms with Gasteiger partial charge in [0, 0.05) is 36.6 Å². The zero-order valence-electron chi connectivity index (χ0n) is 22.6. The van der Waals surface area contributed by atoms with E-state index in [9.17, 15) is 19.2 Å². The Balaban J connectivity index is 1.59. The molecule has 2 amide bonds. The molecular formula is C30H32N4O6. The number of fused-ring (bicyclic) bond motifs is 3. The van der Waals surface area contributed by atoms with Gasteiger partial charge >= 0.3 is 0 Å². The monoisotopic (exact) mass is 544 g/mol. The fourth-order valence-electron chi connectivity index (χ4n) is 5.61. The number of pyridine rings is 1. The van der Waals surface area contributed by atoms with Crippen LogP contribution in [0.3, 0.4) is 0 Å². The second kappa shape index (κ2) is 11.4. The minimum absolute atomic E-state index is 0.160. The summed E-state index contributed by atoms with van der Waals surface area (Å²) < 4.78 is 8.97. The molecule has 2 aromatic heterocycles. The van der Waals surface area contributed by atoms with E-state index in [1.807, 2.05) is 31.2 Å². The third-order valence-corrected chi connectivity index (χ3v) is 7.58. The number of ketones is 1. The normalized spacial score (nSPS) is 14.0. The van der Waals surface area contributed by atoms with Crippen molar-refractivity contribution in [3.63, 3.8) is 0 Å². The Morgan fingerprint density at radius 3 is 2.33 bits per heavy atom. The summed E-state index contributed by atoms with van der Waals surface area (Å²) in [7, 11) is 1.43. The number of amides is 2. The number of aliphatic hydroxyl groups excluding tert-OH is 1. The second-order valence-corrected chi connectivity index (χ2v) is 9.83. The van der Waals surface area contributed by atoms with Crippen molar-refractivity contribution in [2.75, 3.05) is 26.8 Å². The molecule has 2 N–H and O–H groups in total. The average molecular weight is 545 g/mol. The molecule has 2 aromatic carbocycles. The third kappa shape index (κ3) is 4.75. The molecule has 3 heterocycles. The van der Waals surface area contributed by atoms with Crippen LogP contribution in [-0.2, 0) is 17.9 Å². The number of ether oxygens (including phenoxy) is 1. The number of benzene rings is 2. The van der Waals surface area contributed by atoms with Crippen LogP contribution in [0, 0.1) is 0 Å². The van der Waals surface area contributed by atoms with Gasteiger partial charge in [-0.15, -0.1) is 0 Å². The highest BCUT2D eigenvalue weighted by atomic mass is 16.5. The van der Waals surface area contributed by atoms with Gasteiger partial charge in [-0.3, -0.25) is 23.7 Å². The first kappa shape index (κ1) is 27.1. The van der Waals surface area contributed by atoms with Crippen LogP contribution in [0.15, 0.2) is 59.4 Å². The molecule has 40 heavy (non-hydrogen) atoms. The van der Waals surface area contributed by atoms with Gasteiger partial charge in [0.2, 0.25) is 5.91 Å². The lowest BCUT2D eigenvalue weighted by Crippen LogP contribution is -2.47. The van der Waals surface area contributed by atoms with Gasteiger partial charge < -0.3 is 24.6 Å². The molecule has 0 saturated carbocycles. The maximum absolute atomic E-state index is 14.0. The summed E-state index contributed by atoms with van der Waals surface area (Å²) in [5.74, 6) is -0.743. The lowest BCUT2D eigenvalue weighted by atomic mass is 10.0. The molecule has 0 aliphatic carbocycles. The number of nitrogens with one attached hydrogen (secondary N) is 1. The second-order valence-electron chi connectivity index (χ2n) is 9.83. The van der Waals surface area contributed by atoms with E-state index < -0.39 is 12.2 Å². The van der Waals surface area contributed by atoms with Crippen molar-refractivity contribution in [1.29, 1.82) is 0 Å². The Kier molecular flexibility index (Phi) is 7.70. The number of carbonyl (C=O) groups is 3. The molecule has 208 valence electrons. The standard InChI is InChI=1S/C30H32N4O6/c1-3-33-26-21-11-7-8-12-22(21)34(17-23(36)19-9-5-4-6-10-19)30(39)25(26)28(40-2)27(33)29(38)31-20-13-15-32(16-14-20)24(37)18-35/h4-12,20,35H,3,13-18H2,1-2H3,(H,31,38). The first-order valence-corrected chi connectivity index (χ1v) is 13.4. The fraction of sp³-hybridized carbons (Fsp3) is 0.333. The molecule has 1 aliphatic heterocycles. The van der Waals surface area contributed by atoms with Gasteiger partial charge in [-0.2, -0.15) is 0 Å². The van der Waals surface area contributed by atoms with E-state index >= 15 is 0 Å². The van der Waals surface area contributed by atoms with Gasteiger partial charge in [0.15, 0.2) is 17.2 Å². The number of nitrogens with zero attached hydrogens (tertiary/aromatic N) is 3. The molecule has 0 radical (unpaired) electrons. The summed E-state index contributed by atoms with van der Waals surface area (Å²) in [5.41, 5.74) is 1.50. The Labute approximate surface area is 230 Å². The van der Waals surface area contributed by atoms with Gasteiger partial charge in [-0.05, 0) is 25.8 Å². The average Bonchev–Trinajstić information content (AvgIpc) is 3.34. The van der Waals surface area contributed by atoms with Gasteiger partial charge in [-0.1, -0.05) is 48.5 Å². The maximum Gasteiger partial charge on any atom is 0.272 e. The van der Waals surface area contributed by atoms with Crippen LogP contribution >= 0.6 is 0 Å². The third-order valence-electron chi connectivity index (χ3n) is 7.58. The first-order chi connectivity index (χ1) is 19.4. The number of piperidine rings is 1. The van der Waals surface area contributed by atoms with Crippen molar-refractivity contribution in [3.05, 3.63) is 76.2 Å². The minimum atomic E-state index is -0.534. The van der Waals surface area contributed by atoms with E-state index in [1.54, 1.807) is 39.8 Å². The molecule has 0 bridgehead atoms. The number of likely N-dealkylation sites (tertiary alicyclic amines) is 1. The van der Waals surface area contributed by atoms with Crippen molar-refractivity contribution in [2.24, 2.45) is 0 Å². The Hall–Kier alpha value is -4.44. The predicted octanol–water partition coefficient (Wildman–Crippen LogP) is 2.58. The van der Waals surface area contributed by atoms with E-state index in [2.05, 4.69) is 5.32 Å². The van der Waals surface area contributed by atoms with E-state index in [-0.39, 0.29) is 47.0 Å². The van der Waals surface area contributed by atoms with Crippen LogP contribution in [0.25, 0.3) is 21.8 Å². The predicted molar refractivity (Wildman–Crippen MR) is 151 cm³/mol. The fourth-order valence-corrected chi connectivity index (χ4v) is 5.61. The molecule has 0 atom stereocenters. The lowest BCUT2D eigenvalue weighted by Gasteiger charge is -2.32. The molecule has 10 nitrogen and oxygen atoms in total. The van der Waals surface area contributed by atoms with Crippen LogP contribution in [0.2, 0.25) is 0 Å². The molecule has 1 aliphatic rings. The Morgan fingerprint density at radius 2 is 1.68 bits per heavy atom. The van der Waals surface area contributed by atoms with Crippen molar-refractivity contribution in [2.45, 2.75) is 38.9 Å². The molecule has 10 heteroatoms. The highest BCUT2D eigenvalue weighted by molar-refractivity contribution is 6.12. The zero-order chi connectivity index (χ0) is 28.4. The number of carbonyl (C=O) groups excluding carboxylic acids is 3. The van der Waals surface area contributed by atoms with Crippen LogP contribution < -0.4 is 15.6 Å².